The van der Waals surface area contributed by atoms with E-state index in [1.165, 1.54) is 0 Å². The smallest absolute Gasteiger partial charge is 0.244 e. The predicted octanol–water partition coefficient (Wildman–Crippen LogP) is 3.53. The van der Waals surface area contributed by atoms with E-state index in [4.69, 9.17) is 11.6 Å². The van der Waals surface area contributed by atoms with Gasteiger partial charge in [0.05, 0.1) is 6.07 Å². The molecule has 0 aromatic heterocycles. The van der Waals surface area contributed by atoms with Crippen LogP contribution in [0.25, 0.3) is 0 Å². The number of anilines is 1. The van der Waals surface area contributed by atoms with Crippen LogP contribution in [0.2, 0.25) is 5.02 Å². The third kappa shape index (κ3) is 2.09. The highest BCUT2D eigenvalue weighted by Crippen LogP contribution is 2.45. The number of carbonyl (C=O) groups excluding carboxylic acids is 1. The first kappa shape index (κ1) is 12.9. The van der Waals surface area contributed by atoms with Crippen molar-refractivity contribution < 1.29 is 4.79 Å². The first-order chi connectivity index (χ1) is 8.48. The van der Waals surface area contributed by atoms with Crippen LogP contribution in [0.4, 0.5) is 5.69 Å². The number of nitrogens with one attached hydrogen (secondary N) is 1. The first-order valence-electron chi connectivity index (χ1n) is 5.96. The Bertz CT molecular complexity index is 527. The van der Waals surface area contributed by atoms with Gasteiger partial charge in [0.15, 0.2) is 0 Å². The molecular formula is C14H15ClN2O. The van der Waals surface area contributed by atoms with Crippen LogP contribution in [0.1, 0.15) is 25.3 Å². The number of hydrogen-bond acceptors (Lipinski definition) is 2. The van der Waals surface area contributed by atoms with E-state index in [9.17, 15) is 10.1 Å². The van der Waals surface area contributed by atoms with Crippen molar-refractivity contribution in [2.75, 3.05) is 5.32 Å². The van der Waals surface area contributed by atoms with Gasteiger partial charge in [0.2, 0.25) is 5.91 Å². The SMILES string of the molecule is Cc1c(Cl)cccc1NC(=O)C1(C#N)CC(C)C1. The van der Waals surface area contributed by atoms with Crippen molar-refractivity contribution in [1.29, 1.82) is 5.26 Å². The number of carbonyl (C=O) groups is 1. The fourth-order valence-corrected chi connectivity index (χ4v) is 2.62. The molecule has 1 saturated carbocycles. The van der Waals surface area contributed by atoms with Gasteiger partial charge in [0, 0.05) is 10.7 Å². The van der Waals surface area contributed by atoms with Gasteiger partial charge in [-0.3, -0.25) is 4.79 Å². The van der Waals surface area contributed by atoms with Crippen LogP contribution in [0.3, 0.4) is 0 Å². The average Bonchev–Trinajstić information content (AvgIpc) is 2.30. The fourth-order valence-electron chi connectivity index (χ4n) is 2.44. The molecule has 0 spiro atoms. The van der Waals surface area contributed by atoms with Crippen LogP contribution in [-0.4, -0.2) is 5.91 Å². The first-order valence-corrected chi connectivity index (χ1v) is 6.34. The molecule has 3 nitrogen and oxygen atoms in total. The van der Waals surface area contributed by atoms with E-state index in [0.717, 1.165) is 5.56 Å². The lowest BCUT2D eigenvalue weighted by Gasteiger charge is -2.39. The number of rotatable bonds is 2. The highest BCUT2D eigenvalue weighted by molar-refractivity contribution is 6.31. The van der Waals surface area contributed by atoms with E-state index in [-0.39, 0.29) is 5.91 Å². The molecule has 1 aromatic rings. The molecule has 1 aliphatic carbocycles. The second-order valence-corrected chi connectivity index (χ2v) is 5.48. The largest absolute Gasteiger partial charge is 0.324 e. The Labute approximate surface area is 112 Å². The van der Waals surface area contributed by atoms with Crippen molar-refractivity contribution in [2.45, 2.75) is 26.7 Å². The van der Waals surface area contributed by atoms with Gasteiger partial charge in [-0.1, -0.05) is 24.6 Å². The predicted molar refractivity (Wildman–Crippen MR) is 71.3 cm³/mol. The molecule has 0 saturated heterocycles. The third-order valence-corrected chi connectivity index (χ3v) is 3.97. The second kappa shape index (κ2) is 4.62. The summed E-state index contributed by atoms with van der Waals surface area (Å²) in [5, 5.41) is 12.6. The van der Waals surface area contributed by atoms with Crippen LogP contribution in [0.5, 0.6) is 0 Å². The number of amides is 1. The van der Waals surface area contributed by atoms with Crippen LogP contribution < -0.4 is 5.32 Å². The van der Waals surface area contributed by atoms with E-state index in [1.54, 1.807) is 18.2 Å². The van der Waals surface area contributed by atoms with E-state index in [0.29, 0.717) is 29.5 Å². The highest BCUT2D eigenvalue weighted by atomic mass is 35.5. The molecule has 0 heterocycles. The van der Waals surface area contributed by atoms with E-state index < -0.39 is 5.41 Å². The van der Waals surface area contributed by atoms with Crippen LogP contribution >= 0.6 is 11.6 Å². The Hall–Kier alpha value is -1.53. The molecule has 2 rings (SSSR count). The molecule has 0 unspecified atom stereocenters. The normalized spacial score (nSPS) is 26.0. The Balaban J connectivity index is 2.18. The van der Waals surface area contributed by atoms with Gasteiger partial charge in [-0.25, -0.2) is 0 Å². The van der Waals surface area contributed by atoms with E-state index >= 15 is 0 Å². The standard InChI is InChI=1S/C14H15ClN2O/c1-9-6-14(7-9,8-16)13(18)17-12-5-3-4-11(15)10(12)2/h3-5,9H,6-7H2,1-2H3,(H,17,18). The highest BCUT2D eigenvalue weighted by Gasteiger charge is 2.49. The van der Waals surface area contributed by atoms with Crippen LogP contribution in [0, 0.1) is 29.6 Å². The van der Waals surface area contributed by atoms with E-state index in [2.05, 4.69) is 11.4 Å². The molecule has 1 N–H and O–H groups in total. The summed E-state index contributed by atoms with van der Waals surface area (Å²) < 4.78 is 0. The number of nitrogens with zero attached hydrogens (tertiary/aromatic N) is 1. The zero-order valence-corrected chi connectivity index (χ0v) is 11.2. The molecule has 0 radical (unpaired) electrons. The number of halogens is 1. The number of benzene rings is 1. The summed E-state index contributed by atoms with van der Waals surface area (Å²) in [4.78, 5) is 12.2. The molecule has 94 valence electrons. The summed E-state index contributed by atoms with van der Waals surface area (Å²) in [6.45, 7) is 3.90. The van der Waals surface area contributed by atoms with Crippen molar-refractivity contribution in [3.63, 3.8) is 0 Å². The quantitative estimate of drug-likeness (QED) is 0.886. The molecule has 1 aliphatic rings. The molecule has 0 bridgehead atoms. The fraction of sp³-hybridized carbons (Fsp3) is 0.429. The third-order valence-electron chi connectivity index (χ3n) is 3.56. The molecule has 1 amide bonds. The Kier molecular flexibility index (Phi) is 3.32. The van der Waals surface area contributed by atoms with E-state index in [1.807, 2.05) is 13.8 Å². The lowest BCUT2D eigenvalue weighted by Crippen LogP contribution is -2.45. The van der Waals surface area contributed by atoms with Gasteiger partial charge < -0.3 is 5.32 Å². The molecule has 18 heavy (non-hydrogen) atoms. The van der Waals surface area contributed by atoms with Crippen molar-refractivity contribution in [2.24, 2.45) is 11.3 Å². The maximum Gasteiger partial charge on any atom is 0.244 e. The molecule has 0 aliphatic heterocycles. The van der Waals surface area contributed by atoms with Crippen molar-refractivity contribution >= 4 is 23.2 Å². The zero-order chi connectivity index (χ0) is 13.3. The molecule has 1 fully saturated rings. The number of hydrogen-bond donors (Lipinski definition) is 1. The zero-order valence-electron chi connectivity index (χ0n) is 10.5. The van der Waals surface area contributed by atoms with Gasteiger partial charge in [-0.05, 0) is 43.4 Å². The Morgan fingerprint density at radius 3 is 2.78 bits per heavy atom. The molecular weight excluding hydrogens is 248 g/mol. The Morgan fingerprint density at radius 2 is 2.22 bits per heavy atom. The van der Waals surface area contributed by atoms with Crippen LogP contribution in [-0.2, 0) is 4.79 Å². The van der Waals surface area contributed by atoms with Crippen LogP contribution in [0.15, 0.2) is 18.2 Å². The molecule has 1 aromatic carbocycles. The second-order valence-electron chi connectivity index (χ2n) is 5.07. The van der Waals surface area contributed by atoms with Crippen molar-refractivity contribution in [3.05, 3.63) is 28.8 Å². The van der Waals surface area contributed by atoms with Crippen molar-refractivity contribution in [3.8, 4) is 6.07 Å². The maximum atomic E-state index is 12.2. The molecule has 0 atom stereocenters. The number of nitriles is 1. The summed E-state index contributed by atoms with van der Waals surface area (Å²) in [5.74, 6) is 0.226. The van der Waals surface area contributed by atoms with Gasteiger partial charge in [0.1, 0.15) is 5.41 Å². The summed E-state index contributed by atoms with van der Waals surface area (Å²) in [6, 6.07) is 7.51. The minimum absolute atomic E-state index is 0.214. The Morgan fingerprint density at radius 1 is 1.56 bits per heavy atom. The minimum atomic E-state index is -0.853. The maximum absolute atomic E-state index is 12.2. The lowest BCUT2D eigenvalue weighted by atomic mass is 9.63. The van der Waals surface area contributed by atoms with Gasteiger partial charge >= 0.3 is 0 Å². The summed E-state index contributed by atoms with van der Waals surface area (Å²) in [5.41, 5.74) is 0.656. The lowest BCUT2D eigenvalue weighted by molar-refractivity contribution is -0.128. The van der Waals surface area contributed by atoms with Gasteiger partial charge in [-0.15, -0.1) is 0 Å². The average molecular weight is 263 g/mol. The summed E-state index contributed by atoms with van der Waals surface area (Å²) >= 11 is 6.00. The topological polar surface area (TPSA) is 52.9 Å². The van der Waals surface area contributed by atoms with Crippen molar-refractivity contribution in [1.82, 2.24) is 0 Å². The summed E-state index contributed by atoms with van der Waals surface area (Å²) in [7, 11) is 0. The monoisotopic (exact) mass is 262 g/mol. The van der Waals surface area contributed by atoms with Gasteiger partial charge in [-0.2, -0.15) is 5.26 Å². The summed E-state index contributed by atoms with van der Waals surface area (Å²) in [6.07, 6.45) is 1.27. The minimum Gasteiger partial charge on any atom is -0.324 e. The molecule has 4 heteroatoms. The van der Waals surface area contributed by atoms with Gasteiger partial charge in [0.25, 0.3) is 0 Å².